The molecule has 3 heteroatoms. The summed E-state index contributed by atoms with van der Waals surface area (Å²) in [6.45, 7) is 1.81. The predicted octanol–water partition coefficient (Wildman–Crippen LogP) is 2.52. The van der Waals surface area contributed by atoms with Crippen molar-refractivity contribution in [2.75, 3.05) is 13.2 Å². The van der Waals surface area contributed by atoms with Crippen molar-refractivity contribution in [3.63, 3.8) is 0 Å². The Hall–Kier alpha value is -0.410. The van der Waals surface area contributed by atoms with Crippen LogP contribution in [0.15, 0.2) is 5.38 Å². The summed E-state index contributed by atoms with van der Waals surface area (Å²) in [7, 11) is 0. The van der Waals surface area contributed by atoms with E-state index in [1.54, 1.807) is 0 Å². The Bertz CT molecular complexity index is 300. The van der Waals surface area contributed by atoms with Gasteiger partial charge in [-0.05, 0) is 19.3 Å². The first-order chi connectivity index (χ1) is 6.43. The van der Waals surface area contributed by atoms with Gasteiger partial charge in [-0.1, -0.05) is 0 Å². The molecule has 0 aromatic carbocycles. The van der Waals surface area contributed by atoms with E-state index in [2.05, 4.69) is 5.38 Å². The quantitative estimate of drug-likeness (QED) is 0.723. The fourth-order valence-corrected chi connectivity index (χ4v) is 2.81. The first kappa shape index (κ1) is 7.94. The Morgan fingerprint density at radius 2 is 2.23 bits per heavy atom. The van der Waals surface area contributed by atoms with Crippen LogP contribution < -0.4 is 0 Å². The Morgan fingerprint density at radius 1 is 1.31 bits per heavy atom. The standard InChI is InChI=1S/C10H13NOS/c1-2-7(1)9-6-13-10(11-9)8-3-4-12-5-8/h6-8H,1-5H2. The van der Waals surface area contributed by atoms with E-state index >= 15 is 0 Å². The highest BCUT2D eigenvalue weighted by molar-refractivity contribution is 7.09. The average molecular weight is 195 g/mol. The maximum absolute atomic E-state index is 5.36. The van der Waals surface area contributed by atoms with E-state index in [1.807, 2.05) is 11.3 Å². The van der Waals surface area contributed by atoms with Crippen LogP contribution in [0.5, 0.6) is 0 Å². The lowest BCUT2D eigenvalue weighted by atomic mass is 10.1. The Morgan fingerprint density at radius 3 is 2.92 bits per heavy atom. The van der Waals surface area contributed by atoms with E-state index in [4.69, 9.17) is 9.72 Å². The van der Waals surface area contributed by atoms with Gasteiger partial charge >= 0.3 is 0 Å². The molecule has 0 spiro atoms. The minimum absolute atomic E-state index is 0.595. The van der Waals surface area contributed by atoms with Crippen LogP contribution in [0.25, 0.3) is 0 Å². The summed E-state index contributed by atoms with van der Waals surface area (Å²) in [5, 5.41) is 3.55. The molecule has 3 rings (SSSR count). The Balaban J connectivity index is 1.79. The zero-order valence-electron chi connectivity index (χ0n) is 7.53. The first-order valence-electron chi connectivity index (χ1n) is 4.96. The highest BCUT2D eigenvalue weighted by Gasteiger charge is 2.28. The van der Waals surface area contributed by atoms with Crippen LogP contribution in [-0.2, 0) is 4.74 Å². The van der Waals surface area contributed by atoms with Crippen LogP contribution in [0.2, 0.25) is 0 Å². The van der Waals surface area contributed by atoms with Gasteiger partial charge in [-0.2, -0.15) is 0 Å². The molecule has 1 aromatic heterocycles. The van der Waals surface area contributed by atoms with Crippen LogP contribution in [0, 0.1) is 0 Å². The first-order valence-corrected chi connectivity index (χ1v) is 5.84. The van der Waals surface area contributed by atoms with Gasteiger partial charge in [-0.3, -0.25) is 0 Å². The van der Waals surface area contributed by atoms with Crippen molar-refractivity contribution in [1.82, 2.24) is 4.98 Å². The van der Waals surface area contributed by atoms with E-state index in [0.717, 1.165) is 25.6 Å². The van der Waals surface area contributed by atoms with E-state index < -0.39 is 0 Å². The molecule has 70 valence electrons. The van der Waals surface area contributed by atoms with Gasteiger partial charge in [-0.15, -0.1) is 11.3 Å². The van der Waals surface area contributed by atoms with E-state index in [0.29, 0.717) is 5.92 Å². The average Bonchev–Trinajstić information content (AvgIpc) is 2.72. The molecular formula is C10H13NOS. The molecule has 1 unspecified atom stereocenters. The fourth-order valence-electron chi connectivity index (χ4n) is 1.78. The predicted molar refractivity (Wildman–Crippen MR) is 52.3 cm³/mol. The highest BCUT2D eigenvalue weighted by Crippen LogP contribution is 2.41. The van der Waals surface area contributed by atoms with Crippen LogP contribution in [0.4, 0.5) is 0 Å². The van der Waals surface area contributed by atoms with E-state index in [9.17, 15) is 0 Å². The van der Waals surface area contributed by atoms with Crippen molar-refractivity contribution < 1.29 is 4.74 Å². The number of aromatic nitrogens is 1. The molecule has 1 aliphatic carbocycles. The van der Waals surface area contributed by atoms with Gasteiger partial charge in [0.25, 0.3) is 0 Å². The second kappa shape index (κ2) is 3.07. The van der Waals surface area contributed by atoms with Crippen LogP contribution in [0.3, 0.4) is 0 Å². The van der Waals surface area contributed by atoms with Crippen molar-refractivity contribution >= 4 is 11.3 Å². The van der Waals surface area contributed by atoms with Crippen LogP contribution in [-0.4, -0.2) is 18.2 Å². The molecular weight excluding hydrogens is 182 g/mol. The molecule has 1 saturated heterocycles. The summed E-state index contributed by atoms with van der Waals surface area (Å²) in [5.74, 6) is 1.39. The molecule has 2 fully saturated rings. The topological polar surface area (TPSA) is 22.1 Å². The molecule has 0 amide bonds. The largest absolute Gasteiger partial charge is 0.381 e. The van der Waals surface area contributed by atoms with Gasteiger partial charge in [0.15, 0.2) is 0 Å². The number of hydrogen-bond acceptors (Lipinski definition) is 3. The molecule has 0 N–H and O–H groups in total. The van der Waals surface area contributed by atoms with Crippen LogP contribution >= 0.6 is 11.3 Å². The summed E-state index contributed by atoms with van der Waals surface area (Å²) in [5.41, 5.74) is 1.34. The minimum atomic E-state index is 0.595. The third-order valence-corrected chi connectivity index (χ3v) is 3.84. The molecule has 1 aliphatic heterocycles. The summed E-state index contributed by atoms with van der Waals surface area (Å²) in [6.07, 6.45) is 3.87. The van der Waals surface area contributed by atoms with Gasteiger partial charge in [0.1, 0.15) is 0 Å². The third-order valence-electron chi connectivity index (χ3n) is 2.81. The lowest BCUT2D eigenvalue weighted by Gasteiger charge is -2.00. The molecule has 1 saturated carbocycles. The van der Waals surface area contributed by atoms with Crippen molar-refractivity contribution in [3.05, 3.63) is 16.1 Å². The molecule has 2 aliphatic rings. The molecule has 13 heavy (non-hydrogen) atoms. The van der Waals surface area contributed by atoms with E-state index in [1.165, 1.54) is 23.5 Å². The maximum Gasteiger partial charge on any atom is 0.0983 e. The molecule has 0 radical (unpaired) electrons. The van der Waals surface area contributed by atoms with Gasteiger partial charge in [0.2, 0.25) is 0 Å². The van der Waals surface area contributed by atoms with Gasteiger partial charge in [0, 0.05) is 23.8 Å². The highest BCUT2D eigenvalue weighted by atomic mass is 32.1. The van der Waals surface area contributed by atoms with Gasteiger partial charge in [0.05, 0.1) is 17.3 Å². The zero-order valence-corrected chi connectivity index (χ0v) is 8.35. The second-order valence-electron chi connectivity index (χ2n) is 3.95. The van der Waals surface area contributed by atoms with Crippen molar-refractivity contribution in [2.45, 2.75) is 31.1 Å². The SMILES string of the molecule is c1sc(C2CCOC2)nc1C1CC1. The summed E-state index contributed by atoms with van der Waals surface area (Å²) >= 11 is 1.82. The second-order valence-corrected chi connectivity index (χ2v) is 4.84. The molecule has 1 aromatic rings. The number of ether oxygens (including phenoxy) is 1. The number of thiazole rings is 1. The number of hydrogen-bond donors (Lipinski definition) is 0. The van der Waals surface area contributed by atoms with Crippen LogP contribution in [0.1, 0.15) is 41.8 Å². The van der Waals surface area contributed by atoms with Gasteiger partial charge < -0.3 is 4.74 Å². The summed E-state index contributed by atoms with van der Waals surface area (Å²) in [4.78, 5) is 4.69. The fraction of sp³-hybridized carbons (Fsp3) is 0.700. The lowest BCUT2D eigenvalue weighted by molar-refractivity contribution is 0.194. The normalized spacial score (nSPS) is 28.2. The zero-order chi connectivity index (χ0) is 8.67. The summed E-state index contributed by atoms with van der Waals surface area (Å²) < 4.78 is 5.36. The Kier molecular flexibility index (Phi) is 1.87. The van der Waals surface area contributed by atoms with Crippen molar-refractivity contribution in [1.29, 1.82) is 0 Å². The third kappa shape index (κ3) is 1.51. The van der Waals surface area contributed by atoms with E-state index in [-0.39, 0.29) is 0 Å². The monoisotopic (exact) mass is 195 g/mol. The maximum atomic E-state index is 5.36. The summed E-state index contributed by atoms with van der Waals surface area (Å²) in [6, 6.07) is 0. The minimum Gasteiger partial charge on any atom is -0.381 e. The number of nitrogens with zero attached hydrogens (tertiary/aromatic N) is 1. The Labute approximate surface area is 81.9 Å². The molecule has 1 atom stereocenters. The molecule has 2 nitrogen and oxygen atoms in total. The van der Waals surface area contributed by atoms with Crippen molar-refractivity contribution in [3.8, 4) is 0 Å². The smallest absolute Gasteiger partial charge is 0.0983 e. The van der Waals surface area contributed by atoms with Crippen molar-refractivity contribution in [2.24, 2.45) is 0 Å². The molecule has 0 bridgehead atoms. The molecule has 2 heterocycles. The van der Waals surface area contributed by atoms with Gasteiger partial charge in [-0.25, -0.2) is 4.98 Å². The number of rotatable bonds is 2. The lowest BCUT2D eigenvalue weighted by Crippen LogP contribution is -1.96.